The first-order chi connectivity index (χ1) is 20.3. The lowest BCUT2D eigenvalue weighted by Crippen LogP contribution is -2.29. The van der Waals surface area contributed by atoms with Crippen molar-refractivity contribution >= 4 is 57.7 Å². The summed E-state index contributed by atoms with van der Waals surface area (Å²) >= 11 is 13.3. The smallest absolute Gasteiger partial charge is 0.270 e. The van der Waals surface area contributed by atoms with E-state index in [1.807, 2.05) is 31.2 Å². The lowest BCUT2D eigenvalue weighted by molar-refractivity contribution is -0.122. The number of rotatable bonds is 17. The summed E-state index contributed by atoms with van der Waals surface area (Å²) in [5, 5.41) is 13.9. The molecule has 0 saturated carbocycles. The van der Waals surface area contributed by atoms with E-state index in [1.165, 1.54) is 63.1 Å². The molecule has 42 heavy (non-hydrogen) atoms. The molecule has 1 aliphatic rings. The van der Waals surface area contributed by atoms with Gasteiger partial charge in [-0.1, -0.05) is 125 Å². The van der Waals surface area contributed by atoms with Crippen LogP contribution in [0.15, 0.2) is 34.0 Å². The van der Waals surface area contributed by atoms with Crippen molar-refractivity contribution in [3.63, 3.8) is 0 Å². The van der Waals surface area contributed by atoms with Gasteiger partial charge in [-0.3, -0.25) is 19.1 Å². The highest BCUT2D eigenvalue weighted by molar-refractivity contribution is 8.26. The largest absolute Gasteiger partial charge is 0.367 e. The Balaban J connectivity index is 1.77. The number of nitriles is 1. The first-order valence-corrected chi connectivity index (χ1v) is 16.8. The summed E-state index contributed by atoms with van der Waals surface area (Å²) in [5.41, 5.74) is 1.80. The number of thiocarbonyl (C=S) groups is 1. The van der Waals surface area contributed by atoms with Crippen molar-refractivity contribution in [2.75, 3.05) is 11.9 Å². The number of unbranched alkanes of at least 4 members (excludes halogenated alkanes) is 9. The minimum absolute atomic E-state index is 0.0823. The monoisotopic (exact) mass is 626 g/mol. The Hall–Kier alpha value is -2.60. The van der Waals surface area contributed by atoms with Gasteiger partial charge in [0.05, 0.1) is 4.91 Å². The number of nitrogens with zero attached hydrogens (tertiary/aromatic N) is 3. The molecule has 1 N–H and O–H groups in total. The summed E-state index contributed by atoms with van der Waals surface area (Å²) < 4.78 is 2.14. The number of carbonyl (C=O) groups is 1. The number of nitrogens with one attached hydrogen (secondary N) is 1. The molecule has 1 aromatic heterocycles. The molecule has 9 heteroatoms. The maximum atomic E-state index is 13.5. The van der Waals surface area contributed by atoms with Crippen molar-refractivity contribution in [3.05, 3.63) is 66.8 Å². The van der Waals surface area contributed by atoms with E-state index in [2.05, 4.69) is 18.3 Å². The topological polar surface area (TPSA) is 78.1 Å². The van der Waals surface area contributed by atoms with Gasteiger partial charge in [0.1, 0.15) is 21.8 Å². The number of hydrogen-bond acceptors (Lipinski definition) is 6. The molecule has 1 fully saturated rings. The highest BCUT2D eigenvalue weighted by Crippen LogP contribution is 2.35. The number of amides is 1. The van der Waals surface area contributed by atoms with Gasteiger partial charge in [0.2, 0.25) is 0 Å². The zero-order chi connectivity index (χ0) is 30.5. The van der Waals surface area contributed by atoms with Gasteiger partial charge in [-0.15, -0.1) is 0 Å². The van der Waals surface area contributed by atoms with Crippen LogP contribution in [-0.2, 0) is 17.9 Å². The molecule has 3 rings (SSSR count). The molecule has 1 saturated heterocycles. The molecule has 0 bridgehead atoms. The van der Waals surface area contributed by atoms with Gasteiger partial charge in [-0.25, -0.2) is 0 Å². The Morgan fingerprint density at radius 1 is 0.976 bits per heavy atom. The standard InChI is InChI=1S/C33H43ClN4O2S2/c1-4-6-7-8-9-10-11-12-13-16-20-38-32(40)29(42-33(38)41)21-26-24(3)27(22-35)31(39)37(19-5-2)30(26)36-23-25-17-14-15-18-28(25)34/h14-15,17-18,21,36H,4-13,16,19-20,23H2,1-3H3/b29-21+. The number of carbonyl (C=O) groups excluding carboxylic acids is 1. The SMILES string of the molecule is CCCCCCCCCCCCN1C(=O)/C(=C\c2c(C)c(C#N)c(=O)n(CCC)c2NCc2ccccc2Cl)SC1=S. The number of anilines is 1. The number of hydrogen-bond donors (Lipinski definition) is 1. The second-order valence-corrected chi connectivity index (χ2v) is 12.9. The predicted molar refractivity (Wildman–Crippen MR) is 181 cm³/mol. The highest BCUT2D eigenvalue weighted by atomic mass is 35.5. The molecule has 0 radical (unpaired) electrons. The lowest BCUT2D eigenvalue weighted by Gasteiger charge is -2.20. The van der Waals surface area contributed by atoms with Crippen molar-refractivity contribution in [1.82, 2.24) is 9.47 Å². The van der Waals surface area contributed by atoms with E-state index in [4.69, 9.17) is 23.8 Å². The van der Waals surface area contributed by atoms with Gasteiger partial charge in [0, 0.05) is 30.2 Å². The normalized spacial score (nSPS) is 14.2. The molecule has 0 atom stereocenters. The van der Waals surface area contributed by atoms with Crippen molar-refractivity contribution in [3.8, 4) is 6.07 Å². The summed E-state index contributed by atoms with van der Waals surface area (Å²) in [6, 6.07) is 9.61. The minimum atomic E-state index is -0.343. The van der Waals surface area contributed by atoms with E-state index in [0.29, 0.717) is 57.2 Å². The van der Waals surface area contributed by atoms with Gasteiger partial charge in [0.15, 0.2) is 0 Å². The summed E-state index contributed by atoms with van der Waals surface area (Å²) in [7, 11) is 0. The average molecular weight is 627 g/mol. The average Bonchev–Trinajstić information content (AvgIpc) is 3.24. The van der Waals surface area contributed by atoms with E-state index in [9.17, 15) is 14.9 Å². The third-order valence-corrected chi connectivity index (χ3v) is 9.36. The van der Waals surface area contributed by atoms with E-state index in [-0.39, 0.29) is 17.0 Å². The molecule has 6 nitrogen and oxygen atoms in total. The summed E-state index contributed by atoms with van der Waals surface area (Å²) in [6.45, 7) is 7.40. The summed E-state index contributed by atoms with van der Waals surface area (Å²) in [5.74, 6) is 0.447. The highest BCUT2D eigenvalue weighted by Gasteiger charge is 2.32. The molecule has 0 spiro atoms. The molecule has 1 amide bonds. The number of thioether (sulfide) groups is 1. The fraction of sp³-hybridized carbons (Fsp3) is 0.515. The maximum Gasteiger partial charge on any atom is 0.270 e. The van der Waals surface area contributed by atoms with Crippen LogP contribution in [0.2, 0.25) is 5.02 Å². The van der Waals surface area contributed by atoms with Gasteiger partial charge in [-0.2, -0.15) is 5.26 Å². The van der Waals surface area contributed by atoms with Crippen molar-refractivity contribution in [2.24, 2.45) is 0 Å². The van der Waals surface area contributed by atoms with Gasteiger partial charge >= 0.3 is 0 Å². The van der Waals surface area contributed by atoms with Crippen LogP contribution < -0.4 is 10.9 Å². The van der Waals surface area contributed by atoms with E-state index in [0.717, 1.165) is 18.4 Å². The molecule has 0 unspecified atom stereocenters. The minimum Gasteiger partial charge on any atom is -0.367 e. The fourth-order valence-electron chi connectivity index (χ4n) is 5.19. The Bertz CT molecular complexity index is 1380. The van der Waals surface area contributed by atoms with Crippen molar-refractivity contribution in [2.45, 2.75) is 104 Å². The quantitative estimate of drug-likeness (QED) is 0.107. The molecule has 1 aromatic carbocycles. The van der Waals surface area contributed by atoms with Crippen LogP contribution in [0.5, 0.6) is 0 Å². The Morgan fingerprint density at radius 3 is 2.24 bits per heavy atom. The second kappa shape index (κ2) is 17.5. The van der Waals surface area contributed by atoms with Crippen LogP contribution in [0.25, 0.3) is 6.08 Å². The zero-order valence-corrected chi connectivity index (χ0v) is 27.5. The molecule has 0 aliphatic carbocycles. The van der Waals surface area contributed by atoms with E-state index in [1.54, 1.807) is 22.5 Å². The van der Waals surface area contributed by atoms with Crippen LogP contribution in [-0.4, -0.2) is 26.2 Å². The van der Waals surface area contributed by atoms with Crippen LogP contribution >= 0.6 is 35.6 Å². The number of pyridine rings is 1. The second-order valence-electron chi connectivity index (χ2n) is 10.8. The molecule has 226 valence electrons. The third-order valence-electron chi connectivity index (χ3n) is 7.61. The molecule has 1 aliphatic heterocycles. The predicted octanol–water partition coefficient (Wildman–Crippen LogP) is 8.83. The van der Waals surface area contributed by atoms with Gasteiger partial charge in [-0.05, 0) is 43.0 Å². The summed E-state index contributed by atoms with van der Waals surface area (Å²) in [6.07, 6.45) is 14.8. The molecular formula is C33H43ClN4O2S2. The maximum absolute atomic E-state index is 13.5. The van der Waals surface area contributed by atoms with Crippen LogP contribution in [0.3, 0.4) is 0 Å². The fourth-order valence-corrected chi connectivity index (χ4v) is 6.69. The van der Waals surface area contributed by atoms with E-state index < -0.39 is 0 Å². The first kappa shape index (κ1) is 33.9. The van der Waals surface area contributed by atoms with Gasteiger partial charge in [0.25, 0.3) is 11.5 Å². The van der Waals surface area contributed by atoms with Crippen LogP contribution in [0.4, 0.5) is 5.82 Å². The Kier molecular flexibility index (Phi) is 14.1. The molecule has 2 heterocycles. The number of halogens is 1. The number of aromatic nitrogens is 1. The van der Waals surface area contributed by atoms with E-state index >= 15 is 0 Å². The van der Waals surface area contributed by atoms with Gasteiger partial charge < -0.3 is 5.32 Å². The molecule has 2 aromatic rings. The van der Waals surface area contributed by atoms with Crippen LogP contribution in [0.1, 0.15) is 107 Å². The Labute approximate surface area is 265 Å². The van der Waals surface area contributed by atoms with Crippen molar-refractivity contribution in [1.29, 1.82) is 5.26 Å². The van der Waals surface area contributed by atoms with Crippen LogP contribution in [0, 0.1) is 18.3 Å². The first-order valence-electron chi connectivity index (χ1n) is 15.2. The number of benzene rings is 1. The van der Waals surface area contributed by atoms with Crippen molar-refractivity contribution < 1.29 is 4.79 Å². The lowest BCUT2D eigenvalue weighted by atomic mass is 10.0. The zero-order valence-electron chi connectivity index (χ0n) is 25.1. The summed E-state index contributed by atoms with van der Waals surface area (Å²) in [4.78, 5) is 29.0. The Morgan fingerprint density at radius 2 is 1.62 bits per heavy atom. The third kappa shape index (κ3) is 8.95. The molecular weight excluding hydrogens is 584 g/mol.